The molecule has 0 aromatic carbocycles. The summed E-state index contributed by atoms with van der Waals surface area (Å²) in [6, 6.07) is -3.00. The van der Waals surface area contributed by atoms with Crippen molar-refractivity contribution in [2.45, 2.75) is 128 Å². The van der Waals surface area contributed by atoms with Crippen molar-refractivity contribution in [3.63, 3.8) is 0 Å². The Morgan fingerprint density at radius 3 is 1.98 bits per heavy atom. The lowest BCUT2D eigenvalue weighted by Crippen LogP contribution is -2.53. The van der Waals surface area contributed by atoms with Crippen LogP contribution in [-0.4, -0.2) is 139 Å². The summed E-state index contributed by atoms with van der Waals surface area (Å²) in [5.74, 6) is -2.03. The summed E-state index contributed by atoms with van der Waals surface area (Å²) in [6.45, 7) is 6.58. The van der Waals surface area contributed by atoms with Crippen molar-refractivity contribution in [1.29, 1.82) is 0 Å². The largest absolute Gasteiger partial charge is 0.353 e. The zero-order chi connectivity index (χ0) is 37.6. The molecule has 1 saturated heterocycles. The number of thiol groups is 1. The van der Waals surface area contributed by atoms with E-state index in [1.54, 1.807) is 11.9 Å². The maximum absolute atomic E-state index is 13.3. The highest BCUT2D eigenvalue weighted by Gasteiger charge is 2.30. The third-order valence-electron chi connectivity index (χ3n) is 9.21. The molecule has 1 aliphatic heterocycles. The first-order valence-electron chi connectivity index (χ1n) is 18.2. The van der Waals surface area contributed by atoms with Crippen molar-refractivity contribution in [3.8, 4) is 0 Å². The molecule has 16 heteroatoms. The normalized spacial score (nSPS) is 16.9. The summed E-state index contributed by atoms with van der Waals surface area (Å²) < 4.78 is 0. The molecule has 0 saturated carbocycles. The average Bonchev–Trinajstić information content (AvgIpc) is 3.53. The Morgan fingerprint density at radius 1 is 0.820 bits per heavy atom. The Balaban J connectivity index is 2.93. The van der Waals surface area contributed by atoms with Crippen LogP contribution in [-0.2, 0) is 28.8 Å². The zero-order valence-electron chi connectivity index (χ0n) is 31.1. The van der Waals surface area contributed by atoms with Gasteiger partial charge in [-0.1, -0.05) is 52.4 Å². The highest BCUT2D eigenvalue weighted by Crippen LogP contribution is 2.15. The SMILES string of the molecule is CCCC[C@@H](C)N(C)C(=O)CNC(=O)[C@H](CCCC[C@H](NC(=O)[C@H](CCCC)N(C)O)C(=O)NCCS)NC(=O)CNC(=O)C1CCCN1C. The summed E-state index contributed by atoms with van der Waals surface area (Å²) >= 11 is 4.14. The number of hydrogen-bond donors (Lipinski definition) is 7. The van der Waals surface area contributed by atoms with Gasteiger partial charge in [-0.3, -0.25) is 33.7 Å². The molecule has 1 heterocycles. The van der Waals surface area contributed by atoms with E-state index >= 15 is 0 Å². The van der Waals surface area contributed by atoms with E-state index in [4.69, 9.17) is 0 Å². The van der Waals surface area contributed by atoms with Gasteiger partial charge >= 0.3 is 0 Å². The first-order chi connectivity index (χ1) is 23.8. The topological polar surface area (TPSA) is 193 Å². The predicted molar refractivity (Wildman–Crippen MR) is 195 cm³/mol. The van der Waals surface area contributed by atoms with E-state index in [-0.39, 0.29) is 55.7 Å². The molecule has 1 fully saturated rings. The van der Waals surface area contributed by atoms with Crippen molar-refractivity contribution < 1.29 is 34.0 Å². The standard InChI is InChI=1S/C34H64N8O7S/c1-7-9-14-24(3)41(5)30(44)23-37-32(46)25(38-29(43)22-36-33(47)27-18-13-20-40(27)4)15-11-12-16-26(31(45)35-19-21-50)39-34(48)28(42(6)49)17-10-8-2/h24-28,49-50H,7-23H2,1-6H3,(H,35,45)(H,36,47)(H,37,46)(H,38,43)(H,39,48)/t24-,25+,26+,27?,28+/m1/s1. The molecular formula is C34H64N8O7S. The fourth-order valence-electron chi connectivity index (χ4n) is 5.81. The van der Waals surface area contributed by atoms with Crippen LogP contribution in [0.4, 0.5) is 0 Å². The van der Waals surface area contributed by atoms with Crippen LogP contribution in [0, 0.1) is 0 Å². The van der Waals surface area contributed by atoms with Crippen molar-refractivity contribution >= 4 is 48.1 Å². The number of amides is 6. The van der Waals surface area contributed by atoms with Gasteiger partial charge in [0.1, 0.15) is 18.1 Å². The quantitative estimate of drug-likeness (QED) is 0.0405. The Bertz CT molecular complexity index is 1080. The number of likely N-dealkylation sites (tertiary alicyclic amines) is 1. The number of nitrogens with one attached hydrogen (secondary N) is 5. The van der Waals surface area contributed by atoms with E-state index in [9.17, 15) is 34.0 Å². The third-order valence-corrected chi connectivity index (χ3v) is 9.43. The van der Waals surface area contributed by atoms with Gasteiger partial charge in [-0.25, -0.2) is 0 Å². The zero-order valence-corrected chi connectivity index (χ0v) is 32.0. The molecule has 15 nitrogen and oxygen atoms in total. The number of rotatable bonds is 25. The van der Waals surface area contributed by atoms with Crippen molar-refractivity contribution in [1.82, 2.24) is 41.4 Å². The number of nitrogens with zero attached hydrogens (tertiary/aromatic N) is 3. The Kier molecular flexibility index (Phi) is 22.6. The van der Waals surface area contributed by atoms with Crippen LogP contribution < -0.4 is 26.6 Å². The van der Waals surface area contributed by atoms with Gasteiger partial charge in [-0.05, 0) is 59.0 Å². The Labute approximate surface area is 304 Å². The highest BCUT2D eigenvalue weighted by atomic mass is 32.1. The van der Waals surface area contributed by atoms with E-state index in [0.717, 1.165) is 50.1 Å². The molecule has 6 amide bonds. The first-order valence-corrected chi connectivity index (χ1v) is 18.8. The second kappa shape index (κ2) is 25.1. The molecule has 0 bridgehead atoms. The summed E-state index contributed by atoms with van der Waals surface area (Å²) in [5.41, 5.74) is 0. The van der Waals surface area contributed by atoms with E-state index in [0.29, 0.717) is 38.0 Å². The molecule has 0 aliphatic carbocycles. The number of hydrogen-bond acceptors (Lipinski definition) is 10. The van der Waals surface area contributed by atoms with Gasteiger partial charge in [0.2, 0.25) is 35.4 Å². The molecule has 6 N–H and O–H groups in total. The van der Waals surface area contributed by atoms with Crippen LogP contribution in [0.3, 0.4) is 0 Å². The monoisotopic (exact) mass is 728 g/mol. The third kappa shape index (κ3) is 16.8. The van der Waals surface area contributed by atoms with Crippen LogP contribution in [0.2, 0.25) is 0 Å². The minimum atomic E-state index is -1.00. The number of carbonyl (C=O) groups is 6. The fourth-order valence-corrected chi connectivity index (χ4v) is 5.92. The van der Waals surface area contributed by atoms with Crippen LogP contribution in [0.25, 0.3) is 0 Å². The maximum Gasteiger partial charge on any atom is 0.243 e. The number of unbranched alkanes of at least 4 members (excludes halogenated alkanes) is 3. The minimum Gasteiger partial charge on any atom is -0.353 e. The number of hydroxylamine groups is 2. The van der Waals surface area contributed by atoms with Crippen LogP contribution in [0.5, 0.6) is 0 Å². The van der Waals surface area contributed by atoms with Gasteiger partial charge in [-0.2, -0.15) is 17.7 Å². The molecule has 288 valence electrons. The van der Waals surface area contributed by atoms with E-state index in [1.807, 2.05) is 25.8 Å². The van der Waals surface area contributed by atoms with Crippen molar-refractivity contribution in [3.05, 3.63) is 0 Å². The van der Waals surface area contributed by atoms with Gasteiger partial charge < -0.3 is 36.7 Å². The predicted octanol–water partition coefficient (Wildman–Crippen LogP) is 0.806. The number of carbonyl (C=O) groups excluding carboxylic acids is 6. The van der Waals surface area contributed by atoms with Crippen LogP contribution in [0.1, 0.15) is 97.8 Å². The molecule has 0 radical (unpaired) electrons. The summed E-state index contributed by atoms with van der Waals surface area (Å²) in [7, 11) is 4.95. The Morgan fingerprint density at radius 2 is 1.42 bits per heavy atom. The second-order valence-electron chi connectivity index (χ2n) is 13.3. The molecule has 1 aliphatic rings. The smallest absolute Gasteiger partial charge is 0.243 e. The molecule has 0 aromatic rings. The lowest BCUT2D eigenvalue weighted by atomic mass is 10.0. The van der Waals surface area contributed by atoms with Gasteiger partial charge in [-0.15, -0.1) is 0 Å². The maximum atomic E-state index is 13.3. The molecule has 0 aromatic heterocycles. The summed E-state index contributed by atoms with van der Waals surface area (Å²) in [4.78, 5) is 81.2. The molecular weight excluding hydrogens is 664 g/mol. The lowest BCUT2D eigenvalue weighted by Gasteiger charge is -2.26. The molecule has 1 rings (SSSR count). The number of likely N-dealkylation sites (N-methyl/N-ethyl adjacent to an activating group) is 3. The van der Waals surface area contributed by atoms with Gasteiger partial charge in [0.25, 0.3) is 0 Å². The lowest BCUT2D eigenvalue weighted by molar-refractivity contribution is -0.149. The van der Waals surface area contributed by atoms with Gasteiger partial charge in [0.05, 0.1) is 19.1 Å². The fraction of sp³-hybridized carbons (Fsp3) is 0.824. The first kappa shape index (κ1) is 45.1. The molecule has 50 heavy (non-hydrogen) atoms. The van der Waals surface area contributed by atoms with E-state index in [2.05, 4.69) is 46.1 Å². The van der Waals surface area contributed by atoms with Gasteiger partial charge in [0, 0.05) is 32.4 Å². The second-order valence-corrected chi connectivity index (χ2v) is 13.7. The van der Waals surface area contributed by atoms with Crippen LogP contribution >= 0.6 is 12.6 Å². The molecule has 5 atom stereocenters. The van der Waals surface area contributed by atoms with E-state index < -0.39 is 35.8 Å². The molecule has 0 spiro atoms. The van der Waals surface area contributed by atoms with Crippen molar-refractivity contribution in [2.24, 2.45) is 0 Å². The Hall–Kier alpha value is -2.95. The van der Waals surface area contributed by atoms with Crippen LogP contribution in [0.15, 0.2) is 0 Å². The average molecular weight is 729 g/mol. The summed E-state index contributed by atoms with van der Waals surface area (Å²) in [6.07, 6.45) is 7.64. The molecule has 1 unspecified atom stereocenters. The highest BCUT2D eigenvalue weighted by molar-refractivity contribution is 7.80. The van der Waals surface area contributed by atoms with E-state index in [1.165, 1.54) is 7.05 Å². The minimum absolute atomic E-state index is 0.00970. The van der Waals surface area contributed by atoms with Crippen molar-refractivity contribution in [2.75, 3.05) is 53.1 Å². The van der Waals surface area contributed by atoms with Gasteiger partial charge in [0.15, 0.2) is 0 Å². The summed E-state index contributed by atoms with van der Waals surface area (Å²) in [5, 5.41) is 24.4.